The number of nitro groups is 1. The predicted molar refractivity (Wildman–Crippen MR) is 73.3 cm³/mol. The number of hydrogen-bond acceptors (Lipinski definition) is 4. The molecule has 2 unspecified atom stereocenters. The number of nitro benzene ring substituents is 1. The summed E-state index contributed by atoms with van der Waals surface area (Å²) in [5.74, 6) is 0. The Bertz CT molecular complexity index is 516. The quantitative estimate of drug-likeness (QED) is 0.422. The lowest BCUT2D eigenvalue weighted by atomic mass is 10.0. The number of rotatable bonds is 5. The Morgan fingerprint density at radius 3 is 2.50 bits per heavy atom. The van der Waals surface area contributed by atoms with Gasteiger partial charge in [0.2, 0.25) is 0 Å². The summed E-state index contributed by atoms with van der Waals surface area (Å²) in [4.78, 5) is 14.4. The number of halogens is 1. The van der Waals surface area contributed by atoms with E-state index in [9.17, 15) is 10.1 Å². The lowest BCUT2D eigenvalue weighted by Crippen LogP contribution is -3.00. The van der Waals surface area contributed by atoms with E-state index < -0.39 is 4.92 Å². The molecule has 0 saturated heterocycles. The van der Waals surface area contributed by atoms with Crippen LogP contribution in [0.4, 0.5) is 5.69 Å². The van der Waals surface area contributed by atoms with Crippen molar-refractivity contribution in [3.63, 3.8) is 0 Å². The van der Waals surface area contributed by atoms with Crippen LogP contribution >= 0.6 is 0 Å². The molecule has 108 valence electrons. The van der Waals surface area contributed by atoms with E-state index in [4.69, 9.17) is 5.73 Å². The fourth-order valence-corrected chi connectivity index (χ4v) is 2.29. The van der Waals surface area contributed by atoms with Gasteiger partial charge in [-0.2, -0.15) is 0 Å². The lowest BCUT2D eigenvalue weighted by Gasteiger charge is -2.33. The highest BCUT2D eigenvalue weighted by Gasteiger charge is 2.33. The van der Waals surface area contributed by atoms with Crippen LogP contribution in [-0.4, -0.2) is 28.8 Å². The Morgan fingerprint density at radius 1 is 1.40 bits per heavy atom. The van der Waals surface area contributed by atoms with Gasteiger partial charge < -0.3 is 22.7 Å². The summed E-state index contributed by atoms with van der Waals surface area (Å²) in [6.45, 7) is 3.37. The summed E-state index contributed by atoms with van der Waals surface area (Å²) in [6.07, 6.45) is 5.62. The molecule has 20 heavy (non-hydrogen) atoms. The van der Waals surface area contributed by atoms with Crippen molar-refractivity contribution in [3.05, 3.63) is 52.3 Å². The van der Waals surface area contributed by atoms with Gasteiger partial charge >= 0.3 is 0 Å². The van der Waals surface area contributed by atoms with Crippen molar-refractivity contribution in [1.29, 1.82) is 0 Å². The van der Waals surface area contributed by atoms with Crippen molar-refractivity contribution in [3.8, 4) is 0 Å². The van der Waals surface area contributed by atoms with E-state index in [1.165, 1.54) is 12.1 Å². The summed E-state index contributed by atoms with van der Waals surface area (Å²) in [5, 5.41) is 10.7. The third-order valence-corrected chi connectivity index (χ3v) is 3.54. The molecule has 1 aromatic carbocycles. The highest BCUT2D eigenvalue weighted by Crippen LogP contribution is 2.30. The van der Waals surface area contributed by atoms with Gasteiger partial charge in [-0.05, 0) is 19.1 Å². The molecule has 0 aliphatic carbocycles. The van der Waals surface area contributed by atoms with Crippen molar-refractivity contribution in [1.82, 2.24) is 0 Å². The van der Waals surface area contributed by atoms with Gasteiger partial charge in [0.05, 0.1) is 11.1 Å². The number of non-ortho nitro benzene ring substituents is 1. The minimum Gasteiger partial charge on any atom is -1.00 e. The molecule has 0 amide bonds. The molecule has 2 N–H and O–H groups in total. The van der Waals surface area contributed by atoms with Crippen LogP contribution < -0.4 is 22.7 Å². The third kappa shape index (κ3) is 3.12. The number of benzene rings is 1. The Labute approximate surface area is 128 Å². The van der Waals surface area contributed by atoms with Gasteiger partial charge in [0.25, 0.3) is 5.69 Å². The topological polar surface area (TPSA) is 81.5 Å². The molecule has 1 aliphatic heterocycles. The smallest absolute Gasteiger partial charge is 0.269 e. The zero-order valence-corrected chi connectivity index (χ0v) is 12.7. The Hall–Kier alpha value is -1.57. The van der Waals surface area contributed by atoms with Crippen molar-refractivity contribution >= 4 is 12.0 Å². The summed E-state index contributed by atoms with van der Waals surface area (Å²) >= 11 is 0. The van der Waals surface area contributed by atoms with E-state index in [-0.39, 0.29) is 28.7 Å². The molecule has 1 aromatic rings. The molecule has 0 aromatic heterocycles. The second-order valence-electron chi connectivity index (χ2n) is 4.59. The molecule has 0 fully saturated rings. The van der Waals surface area contributed by atoms with Crippen LogP contribution in [0.1, 0.15) is 18.5 Å². The first-order chi connectivity index (χ1) is 9.09. The van der Waals surface area contributed by atoms with E-state index in [0.717, 1.165) is 12.1 Å². The molecule has 7 heteroatoms. The predicted octanol–water partition coefficient (Wildman–Crippen LogP) is -1.05. The van der Waals surface area contributed by atoms with Gasteiger partial charge in [-0.3, -0.25) is 10.1 Å². The molecule has 6 nitrogen and oxygen atoms in total. The second-order valence-corrected chi connectivity index (χ2v) is 4.59. The number of nitrogens with two attached hydrogens (primary N) is 1. The van der Waals surface area contributed by atoms with Gasteiger partial charge in [0.15, 0.2) is 6.34 Å². The van der Waals surface area contributed by atoms with Gasteiger partial charge in [0, 0.05) is 24.2 Å². The SMILES string of the molecule is CC(c1ccc([N+](=O)[O-])cc1)[N+]1(CCN)C=CN=C1.[Br-]. The normalized spacial score (nSPS) is 21.5. The minimum absolute atomic E-state index is 0. The summed E-state index contributed by atoms with van der Waals surface area (Å²) in [7, 11) is 0. The average Bonchev–Trinajstić information content (AvgIpc) is 2.88. The fraction of sp³-hybridized carbons (Fsp3) is 0.308. The number of nitrogens with zero attached hydrogens (tertiary/aromatic N) is 3. The van der Waals surface area contributed by atoms with Crippen LogP contribution in [0.2, 0.25) is 0 Å². The van der Waals surface area contributed by atoms with Gasteiger partial charge in [-0.15, -0.1) is 0 Å². The second kappa shape index (κ2) is 6.74. The van der Waals surface area contributed by atoms with Crippen LogP contribution in [0.3, 0.4) is 0 Å². The molecule has 2 atom stereocenters. The first kappa shape index (κ1) is 16.5. The number of quaternary nitrogens is 1. The van der Waals surface area contributed by atoms with Crippen LogP contribution in [0, 0.1) is 10.1 Å². The van der Waals surface area contributed by atoms with Crippen LogP contribution in [0.15, 0.2) is 41.7 Å². The molecule has 1 aliphatic rings. The maximum absolute atomic E-state index is 10.7. The van der Waals surface area contributed by atoms with E-state index in [1.54, 1.807) is 18.3 Å². The molecule has 2 rings (SSSR count). The van der Waals surface area contributed by atoms with Gasteiger partial charge in [-0.1, -0.05) is 0 Å². The zero-order chi connectivity index (χ0) is 13.9. The molecule has 1 heterocycles. The molecular formula is C13H17BrN4O2. The van der Waals surface area contributed by atoms with E-state index in [2.05, 4.69) is 11.9 Å². The first-order valence-corrected chi connectivity index (χ1v) is 6.12. The third-order valence-electron chi connectivity index (χ3n) is 3.54. The van der Waals surface area contributed by atoms with Crippen LogP contribution in [0.5, 0.6) is 0 Å². The standard InChI is InChI=1S/C13H17N4O2.BrH/c1-11(17(8-6-14)9-7-15-10-17)12-2-4-13(5-3-12)16(18)19;/h2-5,7,9-11H,6,8,14H2,1H3;1H/q+1;/p-1. The molecule has 0 saturated carbocycles. The molecular weight excluding hydrogens is 324 g/mol. The summed E-state index contributed by atoms with van der Waals surface area (Å²) in [6, 6.07) is 6.76. The highest BCUT2D eigenvalue weighted by atomic mass is 79.9. The Balaban J connectivity index is 0.00000200. The number of aliphatic imine (C=N–C) groups is 1. The van der Waals surface area contributed by atoms with E-state index in [1.807, 2.05) is 12.5 Å². The van der Waals surface area contributed by atoms with E-state index >= 15 is 0 Å². The van der Waals surface area contributed by atoms with Crippen molar-refractivity contribution in [2.75, 3.05) is 13.1 Å². The Morgan fingerprint density at radius 2 is 2.05 bits per heavy atom. The Kier molecular flexibility index (Phi) is 5.55. The van der Waals surface area contributed by atoms with Gasteiger partial charge in [-0.25, -0.2) is 9.48 Å². The maximum Gasteiger partial charge on any atom is 0.269 e. The minimum atomic E-state index is -0.393. The maximum atomic E-state index is 10.7. The summed E-state index contributed by atoms with van der Waals surface area (Å²) < 4.78 is 0.550. The van der Waals surface area contributed by atoms with Crippen molar-refractivity contribution in [2.45, 2.75) is 13.0 Å². The number of hydrogen-bond donors (Lipinski definition) is 1. The average molecular weight is 341 g/mol. The van der Waals surface area contributed by atoms with Crippen LogP contribution in [0.25, 0.3) is 0 Å². The lowest BCUT2D eigenvalue weighted by molar-refractivity contribution is -0.810. The van der Waals surface area contributed by atoms with Crippen molar-refractivity contribution in [2.24, 2.45) is 10.7 Å². The largest absolute Gasteiger partial charge is 1.00 e. The monoisotopic (exact) mass is 340 g/mol. The summed E-state index contributed by atoms with van der Waals surface area (Å²) in [5.41, 5.74) is 6.80. The molecule has 0 spiro atoms. The van der Waals surface area contributed by atoms with Gasteiger partial charge in [0.1, 0.15) is 18.8 Å². The highest BCUT2D eigenvalue weighted by molar-refractivity contribution is 5.52. The zero-order valence-electron chi connectivity index (χ0n) is 11.1. The van der Waals surface area contributed by atoms with Crippen LogP contribution in [-0.2, 0) is 0 Å². The fourth-order valence-electron chi connectivity index (χ4n) is 2.29. The van der Waals surface area contributed by atoms with Crippen molar-refractivity contribution < 1.29 is 26.4 Å². The van der Waals surface area contributed by atoms with E-state index in [0.29, 0.717) is 11.0 Å². The molecule has 0 radical (unpaired) electrons. The molecule has 0 bridgehead atoms. The first-order valence-electron chi connectivity index (χ1n) is 6.12.